The van der Waals surface area contributed by atoms with Crippen molar-refractivity contribution in [2.24, 2.45) is 0 Å². The van der Waals surface area contributed by atoms with Gasteiger partial charge in [0.15, 0.2) is 12.1 Å². The lowest BCUT2D eigenvalue weighted by Crippen LogP contribution is -2.38. The third kappa shape index (κ3) is 9.72. The smallest absolute Gasteiger partial charge is 0.410 e. The molecule has 1 saturated heterocycles. The Bertz CT molecular complexity index is 2030. The van der Waals surface area contributed by atoms with E-state index in [0.29, 0.717) is 31.9 Å². The monoisotopic (exact) mass is 702 g/mol. The Balaban J connectivity index is 1.05. The molecule has 52 heavy (non-hydrogen) atoms. The molecule has 1 amide bonds. The molecule has 0 N–H and O–H groups in total. The summed E-state index contributed by atoms with van der Waals surface area (Å²) in [6.45, 7) is 9.70. The van der Waals surface area contributed by atoms with Crippen molar-refractivity contribution in [3.05, 3.63) is 107 Å². The topological polar surface area (TPSA) is 146 Å². The van der Waals surface area contributed by atoms with Crippen LogP contribution in [0.1, 0.15) is 87.1 Å². The van der Waals surface area contributed by atoms with E-state index in [0.717, 1.165) is 59.6 Å². The molecule has 2 atom stereocenters. The average molecular weight is 703 g/mol. The molecule has 3 aromatic heterocycles. The van der Waals surface area contributed by atoms with Crippen molar-refractivity contribution in [2.75, 3.05) is 13.2 Å². The van der Waals surface area contributed by atoms with E-state index in [-0.39, 0.29) is 18.2 Å². The van der Waals surface area contributed by atoms with E-state index in [4.69, 9.17) is 18.7 Å². The fourth-order valence-corrected chi connectivity index (χ4v) is 5.69. The second kappa shape index (κ2) is 16.5. The molecule has 1 aliphatic heterocycles. The summed E-state index contributed by atoms with van der Waals surface area (Å²) in [6, 6.07) is 19.5. The summed E-state index contributed by atoms with van der Waals surface area (Å²) in [5.74, 6) is 8.10. The molecule has 268 valence electrons. The van der Waals surface area contributed by atoms with Crippen LogP contribution in [0.3, 0.4) is 0 Å². The van der Waals surface area contributed by atoms with Crippen molar-refractivity contribution in [3.63, 3.8) is 0 Å². The third-order valence-electron chi connectivity index (χ3n) is 8.32. The van der Waals surface area contributed by atoms with Crippen LogP contribution in [0.2, 0.25) is 0 Å². The minimum atomic E-state index is -0.649. The molecule has 1 fully saturated rings. The number of nitriles is 1. The van der Waals surface area contributed by atoms with Gasteiger partial charge in [-0.15, -0.1) is 10.2 Å². The van der Waals surface area contributed by atoms with Crippen LogP contribution in [0.25, 0.3) is 11.3 Å². The third-order valence-corrected chi connectivity index (χ3v) is 8.32. The molecule has 2 aromatic carbocycles. The Morgan fingerprint density at radius 2 is 1.83 bits per heavy atom. The van der Waals surface area contributed by atoms with Crippen LogP contribution in [0, 0.1) is 23.2 Å². The van der Waals surface area contributed by atoms with Gasteiger partial charge in [0.1, 0.15) is 35.6 Å². The zero-order valence-corrected chi connectivity index (χ0v) is 29.9. The van der Waals surface area contributed by atoms with Gasteiger partial charge >= 0.3 is 6.09 Å². The van der Waals surface area contributed by atoms with E-state index >= 15 is 0 Å². The Morgan fingerprint density at radius 3 is 2.52 bits per heavy atom. The van der Waals surface area contributed by atoms with E-state index < -0.39 is 11.7 Å². The molecular weight excluding hydrogens is 660 g/mol. The number of ether oxygens (including phenoxy) is 3. The highest BCUT2D eigenvalue weighted by Crippen LogP contribution is 2.25. The Kier molecular flexibility index (Phi) is 11.4. The Labute approximate surface area is 303 Å². The summed E-state index contributed by atoms with van der Waals surface area (Å²) in [6.07, 6.45) is 7.38. The van der Waals surface area contributed by atoms with Gasteiger partial charge in [0.25, 0.3) is 0 Å². The van der Waals surface area contributed by atoms with Gasteiger partial charge in [-0.2, -0.15) is 5.26 Å². The van der Waals surface area contributed by atoms with Crippen LogP contribution < -0.4 is 0 Å². The summed E-state index contributed by atoms with van der Waals surface area (Å²) in [5.41, 5.74) is 3.63. The largest absolute Gasteiger partial charge is 0.444 e. The number of amides is 1. The van der Waals surface area contributed by atoms with Crippen LogP contribution in [0.5, 0.6) is 0 Å². The van der Waals surface area contributed by atoms with Crippen LogP contribution in [0.15, 0.2) is 77.8 Å². The highest BCUT2D eigenvalue weighted by molar-refractivity contribution is 5.68. The summed E-state index contributed by atoms with van der Waals surface area (Å²) < 4.78 is 26.8. The number of carbonyl (C=O) groups is 1. The van der Waals surface area contributed by atoms with Crippen molar-refractivity contribution in [1.29, 1.82) is 5.26 Å². The van der Waals surface area contributed by atoms with Gasteiger partial charge in [0, 0.05) is 61.4 Å². The molecule has 0 bridgehead atoms. The zero-order valence-electron chi connectivity index (χ0n) is 29.9. The van der Waals surface area contributed by atoms with Gasteiger partial charge in [-0.3, -0.25) is 0 Å². The molecule has 5 aromatic rings. The Hall–Kier alpha value is -5.76. The first-order valence-corrected chi connectivity index (χ1v) is 17.3. The summed E-state index contributed by atoms with van der Waals surface area (Å²) in [5, 5.41) is 21.1. The van der Waals surface area contributed by atoms with Gasteiger partial charge in [0.2, 0.25) is 5.82 Å². The number of benzene rings is 2. The predicted molar refractivity (Wildman–Crippen MR) is 190 cm³/mol. The number of aromatic nitrogens is 6. The van der Waals surface area contributed by atoms with Crippen molar-refractivity contribution >= 4 is 6.09 Å². The summed E-state index contributed by atoms with van der Waals surface area (Å²) in [4.78, 5) is 19.2. The fourth-order valence-electron chi connectivity index (χ4n) is 5.69. The molecule has 0 spiro atoms. The van der Waals surface area contributed by atoms with Crippen LogP contribution >= 0.6 is 0 Å². The standard InChI is InChI=1S/C39H42N8O5/c1-28(50-36-7-5-6-22-49-36)37-41-18-19-45(37)26-33-23-34(52-44-33)32-16-14-30(15-17-32)9-8-29-10-12-31(13-11-29)25-46(38(48)51-39(2,3)4)20-21-47-27-42-43-35(47)24-40/h10-19,23,27-28,36H,5-7,20-22,25-26H2,1-4H3/t28-,36?/m0/s1. The lowest BCUT2D eigenvalue weighted by molar-refractivity contribution is -0.188. The summed E-state index contributed by atoms with van der Waals surface area (Å²) in [7, 11) is 0. The van der Waals surface area contributed by atoms with Crippen LogP contribution in [-0.2, 0) is 33.8 Å². The normalized spacial score (nSPS) is 14.9. The Morgan fingerprint density at radius 1 is 1.08 bits per heavy atom. The SMILES string of the molecule is C[C@H](OC1CCCCO1)c1nccn1Cc1cc(-c2ccc(C#Cc3ccc(CN(CCn4cnnc4C#N)C(=O)OC(C)(C)C)cc3)cc2)on1. The first-order chi connectivity index (χ1) is 25.1. The number of hydrogen-bond donors (Lipinski definition) is 0. The average Bonchev–Trinajstić information content (AvgIpc) is 3.91. The molecule has 4 heterocycles. The lowest BCUT2D eigenvalue weighted by atomic mass is 10.1. The van der Waals surface area contributed by atoms with Crippen LogP contribution in [0.4, 0.5) is 4.79 Å². The molecule has 0 radical (unpaired) electrons. The molecule has 1 unspecified atom stereocenters. The highest BCUT2D eigenvalue weighted by Gasteiger charge is 2.24. The molecule has 6 rings (SSSR count). The molecule has 13 nitrogen and oxygen atoms in total. The molecule has 0 aliphatic carbocycles. The molecule has 13 heteroatoms. The number of imidazole rings is 1. The fraction of sp³-hybridized carbons (Fsp3) is 0.385. The van der Waals surface area contributed by atoms with E-state index in [1.165, 1.54) is 6.33 Å². The van der Waals surface area contributed by atoms with E-state index in [1.807, 2.05) is 99.1 Å². The maximum atomic E-state index is 13.0. The number of rotatable bonds is 11. The number of nitrogens with zero attached hydrogens (tertiary/aromatic N) is 8. The van der Waals surface area contributed by atoms with Crippen molar-refractivity contribution in [3.8, 4) is 29.2 Å². The highest BCUT2D eigenvalue weighted by atomic mass is 16.7. The van der Waals surface area contributed by atoms with E-state index in [1.54, 1.807) is 15.7 Å². The second-order valence-electron chi connectivity index (χ2n) is 13.6. The predicted octanol–water partition coefficient (Wildman–Crippen LogP) is 6.49. The van der Waals surface area contributed by atoms with Gasteiger partial charge in [-0.05, 0) is 88.9 Å². The minimum absolute atomic E-state index is 0.186. The summed E-state index contributed by atoms with van der Waals surface area (Å²) >= 11 is 0. The molecular formula is C39H42N8O5. The van der Waals surface area contributed by atoms with Crippen molar-refractivity contribution < 1.29 is 23.5 Å². The van der Waals surface area contributed by atoms with Gasteiger partial charge in [-0.1, -0.05) is 29.1 Å². The number of hydrogen-bond acceptors (Lipinski definition) is 10. The van der Waals surface area contributed by atoms with Crippen molar-refractivity contribution in [1.82, 2.24) is 34.4 Å². The first-order valence-electron chi connectivity index (χ1n) is 17.3. The first kappa shape index (κ1) is 36.0. The van der Waals surface area contributed by atoms with Crippen molar-refractivity contribution in [2.45, 2.75) is 84.6 Å². The minimum Gasteiger partial charge on any atom is -0.444 e. The van der Waals surface area contributed by atoms with Gasteiger partial charge in [-0.25, -0.2) is 9.78 Å². The van der Waals surface area contributed by atoms with E-state index in [2.05, 4.69) is 32.2 Å². The quantitative estimate of drug-likeness (QED) is 0.140. The zero-order chi connectivity index (χ0) is 36.5. The maximum Gasteiger partial charge on any atom is 0.410 e. The molecule has 1 aliphatic rings. The van der Waals surface area contributed by atoms with E-state index in [9.17, 15) is 10.1 Å². The lowest BCUT2D eigenvalue weighted by Gasteiger charge is -2.27. The maximum absolute atomic E-state index is 13.0. The number of carbonyl (C=O) groups excluding carboxylic acids is 1. The molecule has 0 saturated carbocycles. The van der Waals surface area contributed by atoms with Crippen LogP contribution in [-0.4, -0.2) is 65.5 Å². The van der Waals surface area contributed by atoms with Gasteiger partial charge in [0.05, 0.1) is 6.54 Å². The van der Waals surface area contributed by atoms with Gasteiger partial charge < -0.3 is 32.8 Å². The second-order valence-corrected chi connectivity index (χ2v) is 13.6.